The molecule has 2 heterocycles. The highest BCUT2D eigenvalue weighted by molar-refractivity contribution is 5.96. The third-order valence-corrected chi connectivity index (χ3v) is 6.83. The maximum atomic E-state index is 12.8. The molecule has 36 heavy (non-hydrogen) atoms. The highest BCUT2D eigenvalue weighted by atomic mass is 16.2. The van der Waals surface area contributed by atoms with Gasteiger partial charge in [0.2, 0.25) is 5.91 Å². The first-order chi connectivity index (χ1) is 17.5. The Morgan fingerprint density at radius 1 is 0.861 bits per heavy atom. The Hall–Kier alpha value is -3.77. The number of piperidine rings is 1. The second-order valence-electron chi connectivity index (χ2n) is 9.08. The van der Waals surface area contributed by atoms with Gasteiger partial charge < -0.3 is 10.6 Å². The molecule has 1 saturated heterocycles. The van der Waals surface area contributed by atoms with Crippen LogP contribution in [0.15, 0.2) is 78.5 Å². The molecule has 0 radical (unpaired) electrons. The molecular formula is C30H34N4O2. The second-order valence-corrected chi connectivity index (χ2v) is 9.08. The standard InChI is InChI=1S/C30H34N4O2/c1-3-34(4-2)30(36)24-13-11-22(12-14-24)28(25-8-7-9-26(20-25)29(31)35)23-15-18-33(19-16-23)21-27-10-5-6-17-32-27/h5-14,17,20H,3-4,15-16,18-19,21H2,1-2H3,(H2,31,35). The van der Waals surface area contributed by atoms with Crippen molar-refractivity contribution in [3.8, 4) is 0 Å². The Morgan fingerprint density at radius 3 is 2.14 bits per heavy atom. The Kier molecular flexibility index (Phi) is 8.28. The number of likely N-dealkylation sites (tertiary alicyclic amines) is 1. The van der Waals surface area contributed by atoms with Gasteiger partial charge in [0, 0.05) is 50.0 Å². The van der Waals surface area contributed by atoms with Gasteiger partial charge in [0.15, 0.2) is 0 Å². The molecule has 0 aliphatic carbocycles. The first kappa shape index (κ1) is 25.3. The minimum Gasteiger partial charge on any atom is -0.366 e. The number of benzene rings is 2. The first-order valence-electron chi connectivity index (χ1n) is 12.6. The average molecular weight is 483 g/mol. The van der Waals surface area contributed by atoms with Crippen LogP contribution in [0.5, 0.6) is 0 Å². The van der Waals surface area contributed by atoms with Gasteiger partial charge in [-0.25, -0.2) is 0 Å². The topological polar surface area (TPSA) is 79.5 Å². The molecule has 6 nitrogen and oxygen atoms in total. The number of carbonyl (C=O) groups excluding carboxylic acids is 2. The zero-order valence-electron chi connectivity index (χ0n) is 21.1. The zero-order valence-corrected chi connectivity index (χ0v) is 21.1. The van der Waals surface area contributed by atoms with Crippen LogP contribution in [0.25, 0.3) is 5.57 Å². The molecule has 1 aliphatic heterocycles. The summed E-state index contributed by atoms with van der Waals surface area (Å²) in [7, 11) is 0. The fourth-order valence-corrected chi connectivity index (χ4v) is 4.83. The smallest absolute Gasteiger partial charge is 0.253 e. The van der Waals surface area contributed by atoms with Gasteiger partial charge in [-0.15, -0.1) is 0 Å². The lowest BCUT2D eigenvalue weighted by atomic mass is 9.87. The molecule has 4 rings (SSSR count). The van der Waals surface area contributed by atoms with Gasteiger partial charge in [-0.1, -0.05) is 35.9 Å². The van der Waals surface area contributed by atoms with E-state index < -0.39 is 5.91 Å². The Balaban J connectivity index is 1.65. The number of aromatic nitrogens is 1. The van der Waals surface area contributed by atoms with E-state index in [1.54, 1.807) is 6.07 Å². The summed E-state index contributed by atoms with van der Waals surface area (Å²) >= 11 is 0. The van der Waals surface area contributed by atoms with Gasteiger partial charge in [0.05, 0.1) is 5.69 Å². The van der Waals surface area contributed by atoms with Crippen LogP contribution in [0.1, 0.15) is 64.2 Å². The first-order valence-corrected chi connectivity index (χ1v) is 12.6. The van der Waals surface area contributed by atoms with Crippen LogP contribution in [-0.4, -0.2) is 52.8 Å². The van der Waals surface area contributed by atoms with Crippen LogP contribution in [0.3, 0.4) is 0 Å². The minimum absolute atomic E-state index is 0.0410. The van der Waals surface area contributed by atoms with Gasteiger partial charge in [-0.2, -0.15) is 0 Å². The van der Waals surface area contributed by atoms with Crippen LogP contribution in [0.4, 0.5) is 0 Å². The number of primary amides is 1. The van der Waals surface area contributed by atoms with E-state index in [-0.39, 0.29) is 5.91 Å². The van der Waals surface area contributed by atoms with Crippen molar-refractivity contribution in [1.82, 2.24) is 14.8 Å². The van der Waals surface area contributed by atoms with Crippen molar-refractivity contribution in [3.63, 3.8) is 0 Å². The molecule has 186 valence electrons. The predicted octanol–water partition coefficient (Wildman–Crippen LogP) is 4.76. The Morgan fingerprint density at radius 2 is 1.53 bits per heavy atom. The van der Waals surface area contributed by atoms with Gasteiger partial charge in [-0.05, 0) is 79.8 Å². The molecule has 0 atom stereocenters. The third-order valence-electron chi connectivity index (χ3n) is 6.83. The molecule has 1 aromatic heterocycles. The van der Waals surface area contributed by atoms with Crippen molar-refractivity contribution in [3.05, 3.63) is 106 Å². The van der Waals surface area contributed by atoms with Crippen LogP contribution >= 0.6 is 0 Å². The highest BCUT2D eigenvalue weighted by Gasteiger charge is 2.21. The van der Waals surface area contributed by atoms with Crippen molar-refractivity contribution < 1.29 is 9.59 Å². The lowest BCUT2D eigenvalue weighted by molar-refractivity contribution is 0.0772. The fraction of sp³-hybridized carbons (Fsp3) is 0.300. The Bertz CT molecular complexity index is 1220. The lowest BCUT2D eigenvalue weighted by Gasteiger charge is -2.30. The largest absolute Gasteiger partial charge is 0.366 e. The zero-order chi connectivity index (χ0) is 25.5. The summed E-state index contributed by atoms with van der Waals surface area (Å²) < 4.78 is 0. The SMILES string of the molecule is CCN(CC)C(=O)c1ccc(C(=C2CCN(Cc3ccccn3)CC2)c2cccc(C(N)=O)c2)cc1. The molecule has 0 bridgehead atoms. The van der Waals surface area contributed by atoms with Crippen molar-refractivity contribution >= 4 is 17.4 Å². The molecule has 2 aromatic carbocycles. The number of hydrogen-bond donors (Lipinski definition) is 1. The summed E-state index contributed by atoms with van der Waals surface area (Å²) in [5.74, 6) is -0.397. The summed E-state index contributed by atoms with van der Waals surface area (Å²) in [5.41, 5.74) is 12.3. The summed E-state index contributed by atoms with van der Waals surface area (Å²) in [6.45, 7) is 8.05. The van der Waals surface area contributed by atoms with E-state index in [4.69, 9.17) is 5.73 Å². The highest BCUT2D eigenvalue weighted by Crippen LogP contribution is 2.33. The minimum atomic E-state index is -0.438. The van der Waals surface area contributed by atoms with E-state index >= 15 is 0 Å². The van der Waals surface area contributed by atoms with Crippen LogP contribution in [0.2, 0.25) is 0 Å². The van der Waals surface area contributed by atoms with Gasteiger partial charge in [0.25, 0.3) is 5.91 Å². The van der Waals surface area contributed by atoms with Crippen molar-refractivity contribution in [1.29, 1.82) is 0 Å². The van der Waals surface area contributed by atoms with Crippen molar-refractivity contribution in [2.45, 2.75) is 33.2 Å². The van der Waals surface area contributed by atoms with Crippen LogP contribution in [-0.2, 0) is 6.54 Å². The van der Waals surface area contributed by atoms with Gasteiger partial charge >= 0.3 is 0 Å². The van der Waals surface area contributed by atoms with Crippen LogP contribution < -0.4 is 5.73 Å². The molecule has 3 aromatic rings. The molecule has 2 amide bonds. The summed E-state index contributed by atoms with van der Waals surface area (Å²) in [6, 6.07) is 21.4. The molecule has 0 spiro atoms. The van der Waals surface area contributed by atoms with E-state index in [2.05, 4.69) is 16.0 Å². The molecule has 0 saturated carbocycles. The summed E-state index contributed by atoms with van der Waals surface area (Å²) in [4.78, 5) is 33.4. The molecular weight excluding hydrogens is 448 g/mol. The summed E-state index contributed by atoms with van der Waals surface area (Å²) in [6.07, 6.45) is 3.68. The predicted molar refractivity (Wildman–Crippen MR) is 143 cm³/mol. The van der Waals surface area contributed by atoms with Gasteiger partial charge in [0.1, 0.15) is 0 Å². The summed E-state index contributed by atoms with van der Waals surface area (Å²) in [5, 5.41) is 0. The van der Waals surface area contributed by atoms with E-state index in [1.165, 1.54) is 5.57 Å². The average Bonchev–Trinajstić information content (AvgIpc) is 2.91. The number of carbonyl (C=O) groups is 2. The van der Waals surface area contributed by atoms with Gasteiger partial charge in [-0.3, -0.25) is 19.5 Å². The molecule has 2 N–H and O–H groups in total. The molecule has 1 fully saturated rings. The maximum absolute atomic E-state index is 12.8. The van der Waals surface area contributed by atoms with Crippen molar-refractivity contribution in [2.75, 3.05) is 26.2 Å². The molecule has 0 unspecified atom stereocenters. The monoisotopic (exact) mass is 482 g/mol. The number of nitrogens with two attached hydrogens (primary N) is 1. The van der Waals surface area contributed by atoms with Crippen molar-refractivity contribution in [2.24, 2.45) is 5.73 Å². The van der Waals surface area contributed by atoms with Crippen LogP contribution in [0, 0.1) is 0 Å². The third kappa shape index (κ3) is 5.89. The normalized spacial score (nSPS) is 13.9. The lowest BCUT2D eigenvalue weighted by Crippen LogP contribution is -2.31. The molecule has 1 aliphatic rings. The number of amides is 2. The Labute approximate surface area is 213 Å². The fourth-order valence-electron chi connectivity index (χ4n) is 4.83. The van der Waals surface area contributed by atoms with E-state index in [1.807, 2.05) is 79.5 Å². The maximum Gasteiger partial charge on any atom is 0.253 e. The number of rotatable bonds is 8. The number of hydrogen-bond acceptors (Lipinski definition) is 4. The number of pyridine rings is 1. The van der Waals surface area contributed by atoms with E-state index in [0.717, 1.165) is 54.9 Å². The van der Waals surface area contributed by atoms with E-state index in [0.29, 0.717) is 24.2 Å². The number of nitrogens with zero attached hydrogens (tertiary/aromatic N) is 3. The molecule has 6 heteroatoms. The quantitative estimate of drug-likeness (QED) is 0.502. The second kappa shape index (κ2) is 11.8. The van der Waals surface area contributed by atoms with E-state index in [9.17, 15) is 9.59 Å².